The van der Waals surface area contributed by atoms with Gasteiger partial charge >= 0.3 is 0 Å². The second-order valence-corrected chi connectivity index (χ2v) is 10.1. The van der Waals surface area contributed by atoms with Crippen molar-refractivity contribution in [1.82, 2.24) is 9.97 Å². The molecule has 1 unspecified atom stereocenters. The molecule has 5 rings (SSSR count). The molecule has 0 N–H and O–H groups in total. The molecule has 0 spiro atoms. The zero-order chi connectivity index (χ0) is 25.1. The van der Waals surface area contributed by atoms with Crippen molar-refractivity contribution in [3.8, 4) is 5.75 Å². The van der Waals surface area contributed by atoms with Gasteiger partial charge in [-0.25, -0.2) is 9.97 Å². The van der Waals surface area contributed by atoms with Gasteiger partial charge in [0.25, 0.3) is 5.91 Å². The van der Waals surface area contributed by atoms with Crippen LogP contribution in [-0.2, 0) is 30.4 Å². The fraction of sp³-hybridized carbons (Fsp3) is 0.433. The van der Waals surface area contributed by atoms with Crippen LogP contribution in [0, 0.1) is 5.92 Å². The molecule has 2 aromatic carbocycles. The fourth-order valence-corrected chi connectivity index (χ4v) is 5.47. The summed E-state index contributed by atoms with van der Waals surface area (Å²) < 4.78 is 11.2. The summed E-state index contributed by atoms with van der Waals surface area (Å²) in [6.45, 7) is 3.90. The molecule has 0 saturated carbocycles. The topological polar surface area (TPSA) is 64.5 Å². The van der Waals surface area contributed by atoms with Gasteiger partial charge in [0.2, 0.25) is 0 Å². The number of carbonyl (C=O) groups excluding carboxylic acids is 1. The number of ether oxygens (including phenoxy) is 2. The van der Waals surface area contributed by atoms with E-state index in [1.54, 1.807) is 12.0 Å². The number of fused-ring (bicyclic) bond motifs is 2. The maximum Gasteiger partial charge on any atom is 0.258 e. The number of hydrogen-bond acceptors (Lipinski definition) is 5. The van der Waals surface area contributed by atoms with Gasteiger partial charge in [0, 0.05) is 32.2 Å². The molecule has 0 radical (unpaired) electrons. The van der Waals surface area contributed by atoms with Gasteiger partial charge in [-0.3, -0.25) is 4.79 Å². The van der Waals surface area contributed by atoms with Crippen molar-refractivity contribution in [2.45, 2.75) is 51.4 Å². The number of hydrogen-bond donors (Lipinski definition) is 0. The fourth-order valence-electron chi connectivity index (χ4n) is 5.47. The summed E-state index contributed by atoms with van der Waals surface area (Å²) in [5.74, 6) is 2.60. The molecule has 188 valence electrons. The third-order valence-corrected chi connectivity index (χ3v) is 7.62. The number of aryl methyl sites for hydroxylation is 2. The molecule has 0 bridgehead atoms. The third kappa shape index (κ3) is 5.14. The third-order valence-electron chi connectivity index (χ3n) is 7.62. The van der Waals surface area contributed by atoms with Crippen molar-refractivity contribution in [3.05, 3.63) is 82.4 Å². The molecule has 0 aliphatic carbocycles. The van der Waals surface area contributed by atoms with Crippen LogP contribution in [0.15, 0.2) is 48.7 Å². The van der Waals surface area contributed by atoms with Crippen LogP contribution in [0.1, 0.15) is 64.2 Å². The normalized spacial score (nSPS) is 18.2. The Morgan fingerprint density at radius 1 is 1.11 bits per heavy atom. The molecule has 3 aromatic rings. The molecule has 6 heteroatoms. The van der Waals surface area contributed by atoms with Gasteiger partial charge in [0.1, 0.15) is 11.6 Å². The van der Waals surface area contributed by atoms with Crippen LogP contribution >= 0.6 is 0 Å². The molecule has 2 aliphatic heterocycles. The summed E-state index contributed by atoms with van der Waals surface area (Å²) in [5.41, 5.74) is 6.04. The largest absolute Gasteiger partial charge is 0.496 e. The maximum atomic E-state index is 13.2. The van der Waals surface area contributed by atoms with Crippen LogP contribution in [0.25, 0.3) is 0 Å². The quantitative estimate of drug-likeness (QED) is 0.482. The standard InChI is InChI=1S/C30H35N3O3/c1-20-16-26-27(33(2)30(34)25-7-5-4-6-24(20)25)19-31-29(32-26)11-10-23-9-8-22(18-28(23)35-3)17-21-12-14-36-15-13-21/h4-9,18-21H,10-17H2,1-3H3. The Morgan fingerprint density at radius 3 is 2.72 bits per heavy atom. The van der Waals surface area contributed by atoms with Crippen molar-refractivity contribution in [1.29, 1.82) is 0 Å². The highest BCUT2D eigenvalue weighted by Crippen LogP contribution is 2.32. The monoisotopic (exact) mass is 485 g/mol. The summed E-state index contributed by atoms with van der Waals surface area (Å²) in [5, 5.41) is 0. The van der Waals surface area contributed by atoms with Crippen LogP contribution in [0.3, 0.4) is 0 Å². The second kappa shape index (κ2) is 10.8. The number of anilines is 1. The molecular formula is C30H35N3O3. The molecule has 1 atom stereocenters. The molecule has 36 heavy (non-hydrogen) atoms. The van der Waals surface area contributed by atoms with E-state index in [4.69, 9.17) is 14.5 Å². The number of benzene rings is 2. The Hall–Kier alpha value is -3.25. The number of methoxy groups -OCH3 is 1. The second-order valence-electron chi connectivity index (χ2n) is 10.1. The molecular weight excluding hydrogens is 450 g/mol. The average molecular weight is 486 g/mol. The lowest BCUT2D eigenvalue weighted by atomic mass is 9.89. The zero-order valence-electron chi connectivity index (χ0n) is 21.5. The van der Waals surface area contributed by atoms with Crippen molar-refractivity contribution in [2.24, 2.45) is 5.92 Å². The van der Waals surface area contributed by atoms with Gasteiger partial charge < -0.3 is 14.4 Å². The summed E-state index contributed by atoms with van der Waals surface area (Å²) >= 11 is 0. The van der Waals surface area contributed by atoms with Gasteiger partial charge in [-0.15, -0.1) is 0 Å². The van der Waals surface area contributed by atoms with Gasteiger partial charge in [-0.05, 0) is 72.8 Å². The van der Waals surface area contributed by atoms with Gasteiger partial charge in [0.15, 0.2) is 0 Å². The van der Waals surface area contributed by atoms with E-state index in [1.807, 2.05) is 31.4 Å². The first-order chi connectivity index (χ1) is 17.5. The minimum absolute atomic E-state index is 0.0136. The number of carbonyl (C=O) groups is 1. The number of nitrogens with zero attached hydrogens (tertiary/aromatic N) is 3. The minimum atomic E-state index is -0.0136. The Balaban J connectivity index is 1.32. The molecule has 1 amide bonds. The van der Waals surface area contributed by atoms with E-state index in [1.165, 1.54) is 5.56 Å². The SMILES string of the molecule is COc1cc(CC2CCOCC2)ccc1CCc1ncc2c(n1)CC(C)c1ccccc1C(=O)N2C. The van der Waals surface area contributed by atoms with Crippen molar-refractivity contribution in [3.63, 3.8) is 0 Å². The predicted molar refractivity (Wildman–Crippen MR) is 141 cm³/mol. The highest BCUT2D eigenvalue weighted by molar-refractivity contribution is 6.07. The van der Waals surface area contributed by atoms with Crippen LogP contribution < -0.4 is 9.64 Å². The lowest BCUT2D eigenvalue weighted by molar-refractivity contribution is 0.0665. The van der Waals surface area contributed by atoms with Gasteiger partial charge in [-0.1, -0.05) is 37.3 Å². The Labute approximate surface area is 213 Å². The zero-order valence-corrected chi connectivity index (χ0v) is 21.5. The van der Waals surface area contributed by atoms with Crippen LogP contribution in [-0.4, -0.2) is 43.2 Å². The smallest absolute Gasteiger partial charge is 0.258 e. The summed E-state index contributed by atoms with van der Waals surface area (Å²) in [6, 6.07) is 14.5. The van der Waals surface area contributed by atoms with E-state index < -0.39 is 0 Å². The maximum absolute atomic E-state index is 13.2. The van der Waals surface area contributed by atoms with E-state index in [0.717, 1.165) is 85.0 Å². The number of aromatic nitrogens is 2. The minimum Gasteiger partial charge on any atom is -0.496 e. The molecule has 1 fully saturated rings. The Bertz CT molecular complexity index is 1240. The lowest BCUT2D eigenvalue weighted by Gasteiger charge is -2.27. The average Bonchev–Trinajstić information content (AvgIpc) is 2.91. The van der Waals surface area contributed by atoms with Crippen LogP contribution in [0.4, 0.5) is 5.69 Å². The van der Waals surface area contributed by atoms with Crippen molar-refractivity contribution >= 4 is 11.6 Å². The van der Waals surface area contributed by atoms with Crippen molar-refractivity contribution in [2.75, 3.05) is 32.3 Å². The summed E-state index contributed by atoms with van der Waals surface area (Å²) in [6.07, 6.45) is 7.42. The van der Waals surface area contributed by atoms with Gasteiger partial charge in [0.05, 0.1) is 24.7 Å². The molecule has 1 aromatic heterocycles. The highest BCUT2D eigenvalue weighted by Gasteiger charge is 2.27. The molecule has 2 aliphatic rings. The first-order valence-corrected chi connectivity index (χ1v) is 13.0. The molecule has 1 saturated heterocycles. The van der Waals surface area contributed by atoms with E-state index >= 15 is 0 Å². The molecule has 6 nitrogen and oxygen atoms in total. The van der Waals surface area contributed by atoms with Crippen molar-refractivity contribution < 1.29 is 14.3 Å². The predicted octanol–water partition coefficient (Wildman–Crippen LogP) is 5.18. The van der Waals surface area contributed by atoms with Crippen LogP contribution in [0.5, 0.6) is 5.75 Å². The highest BCUT2D eigenvalue weighted by atomic mass is 16.5. The number of amides is 1. The van der Waals surface area contributed by atoms with E-state index in [0.29, 0.717) is 12.3 Å². The Kier molecular flexibility index (Phi) is 7.33. The first-order valence-electron chi connectivity index (χ1n) is 13.0. The van der Waals surface area contributed by atoms with Crippen LogP contribution in [0.2, 0.25) is 0 Å². The summed E-state index contributed by atoms with van der Waals surface area (Å²) in [7, 11) is 3.55. The first kappa shape index (κ1) is 24.4. The molecule has 3 heterocycles. The lowest BCUT2D eigenvalue weighted by Crippen LogP contribution is -2.31. The van der Waals surface area contributed by atoms with E-state index in [9.17, 15) is 4.79 Å². The summed E-state index contributed by atoms with van der Waals surface area (Å²) in [4.78, 5) is 24.4. The van der Waals surface area contributed by atoms with E-state index in [2.05, 4.69) is 36.2 Å². The Morgan fingerprint density at radius 2 is 1.92 bits per heavy atom. The van der Waals surface area contributed by atoms with Gasteiger partial charge in [-0.2, -0.15) is 0 Å². The number of rotatable bonds is 6. The van der Waals surface area contributed by atoms with E-state index in [-0.39, 0.29) is 11.8 Å².